The summed E-state index contributed by atoms with van der Waals surface area (Å²) in [5.41, 5.74) is 0. The topological polar surface area (TPSA) is 95.9 Å². The lowest BCUT2D eigenvalue weighted by atomic mass is 10.0. The molecule has 0 aliphatic heterocycles. The average molecular weight is 1070 g/mol. The second-order valence-corrected chi connectivity index (χ2v) is 24.2. The lowest BCUT2D eigenvalue weighted by Crippen LogP contribution is -2.45. The molecule has 0 rings (SSSR count). The molecular weight excluding hydrogens is 935 g/mol. The predicted molar refractivity (Wildman–Crippen MR) is 333 cm³/mol. The fraction of sp³-hybridized carbons (Fsp3) is 0.943. The lowest BCUT2D eigenvalue weighted by Gasteiger charge is -2.22. The summed E-state index contributed by atoms with van der Waals surface area (Å²) < 4.78 is 5.48. The third-order valence-electron chi connectivity index (χ3n) is 16.6. The predicted octanol–water partition coefficient (Wildman–Crippen LogP) is 22.4. The fourth-order valence-corrected chi connectivity index (χ4v) is 11.2. The van der Waals surface area contributed by atoms with Crippen LogP contribution in [0.1, 0.15) is 399 Å². The van der Waals surface area contributed by atoms with Crippen LogP contribution < -0.4 is 5.32 Å². The largest absolute Gasteiger partial charge is 0.466 e. The van der Waals surface area contributed by atoms with Gasteiger partial charge in [0.2, 0.25) is 5.91 Å². The molecule has 0 aromatic carbocycles. The molecule has 0 heterocycles. The Morgan fingerprint density at radius 3 is 0.934 bits per heavy atom. The van der Waals surface area contributed by atoms with Crippen LogP contribution in [0.4, 0.5) is 0 Å². The van der Waals surface area contributed by atoms with Crippen molar-refractivity contribution in [1.82, 2.24) is 5.32 Å². The number of esters is 1. The number of hydrogen-bond acceptors (Lipinski definition) is 5. The Labute approximate surface area is 476 Å². The zero-order chi connectivity index (χ0) is 55.0. The Morgan fingerprint density at radius 1 is 0.355 bits per heavy atom. The summed E-state index contributed by atoms with van der Waals surface area (Å²) in [4.78, 5) is 24.6. The minimum absolute atomic E-state index is 0.0181. The number of ether oxygens (including phenoxy) is 1. The number of allylic oxidation sites excluding steroid dienone is 2. The molecule has 0 aliphatic rings. The molecule has 452 valence electrons. The van der Waals surface area contributed by atoms with E-state index < -0.39 is 12.1 Å². The molecule has 0 bridgehead atoms. The average Bonchev–Trinajstić information content (AvgIpc) is 3.42. The van der Waals surface area contributed by atoms with Gasteiger partial charge in [-0.25, -0.2) is 0 Å². The Kier molecular flexibility index (Phi) is 64.9. The van der Waals surface area contributed by atoms with Gasteiger partial charge in [-0.15, -0.1) is 0 Å². The third-order valence-corrected chi connectivity index (χ3v) is 16.6. The van der Waals surface area contributed by atoms with E-state index in [0.717, 1.165) is 38.5 Å². The van der Waals surface area contributed by atoms with Crippen LogP contribution in [0.2, 0.25) is 0 Å². The Balaban J connectivity index is 3.36. The molecule has 0 aromatic rings. The lowest BCUT2D eigenvalue weighted by molar-refractivity contribution is -0.143. The summed E-state index contributed by atoms with van der Waals surface area (Å²) >= 11 is 0. The van der Waals surface area contributed by atoms with Gasteiger partial charge in [-0.1, -0.05) is 347 Å². The van der Waals surface area contributed by atoms with E-state index in [4.69, 9.17) is 4.74 Å². The van der Waals surface area contributed by atoms with Gasteiger partial charge in [0, 0.05) is 12.8 Å². The van der Waals surface area contributed by atoms with Gasteiger partial charge >= 0.3 is 5.97 Å². The highest BCUT2D eigenvalue weighted by atomic mass is 16.5. The summed E-state index contributed by atoms with van der Waals surface area (Å²) in [6.07, 6.45) is 81.1. The number of carbonyl (C=O) groups excluding carboxylic acids is 2. The van der Waals surface area contributed by atoms with Crippen LogP contribution in [-0.2, 0) is 14.3 Å². The second-order valence-electron chi connectivity index (χ2n) is 24.2. The van der Waals surface area contributed by atoms with Gasteiger partial charge in [0.1, 0.15) is 0 Å². The Bertz CT molecular complexity index is 1140. The first-order valence-corrected chi connectivity index (χ1v) is 34.9. The Hall–Kier alpha value is -1.40. The van der Waals surface area contributed by atoms with Crippen molar-refractivity contribution in [3.63, 3.8) is 0 Å². The third kappa shape index (κ3) is 61.8. The first-order chi connectivity index (χ1) is 37.5. The molecule has 2 unspecified atom stereocenters. The number of rotatable bonds is 66. The maximum atomic E-state index is 12.5. The summed E-state index contributed by atoms with van der Waals surface area (Å²) in [6, 6.07) is -0.540. The molecule has 0 spiro atoms. The molecule has 2 atom stereocenters. The van der Waals surface area contributed by atoms with Crippen molar-refractivity contribution in [2.45, 2.75) is 411 Å². The summed E-state index contributed by atoms with van der Waals surface area (Å²) in [5.74, 6) is -0.0119. The zero-order valence-corrected chi connectivity index (χ0v) is 51.8. The minimum atomic E-state index is -0.663. The molecule has 0 fully saturated rings. The van der Waals surface area contributed by atoms with E-state index in [1.54, 1.807) is 0 Å². The van der Waals surface area contributed by atoms with Gasteiger partial charge in [-0.05, 0) is 51.4 Å². The summed E-state index contributed by atoms with van der Waals surface area (Å²) in [7, 11) is 0. The monoisotopic (exact) mass is 1070 g/mol. The number of aliphatic hydroxyl groups excluding tert-OH is 2. The van der Waals surface area contributed by atoms with Crippen molar-refractivity contribution in [2.24, 2.45) is 0 Å². The van der Waals surface area contributed by atoms with Crippen molar-refractivity contribution >= 4 is 11.9 Å². The van der Waals surface area contributed by atoms with Crippen LogP contribution in [-0.4, -0.2) is 47.4 Å². The Morgan fingerprint density at radius 2 is 0.618 bits per heavy atom. The second kappa shape index (κ2) is 66.1. The van der Waals surface area contributed by atoms with Crippen LogP contribution in [0.5, 0.6) is 0 Å². The van der Waals surface area contributed by atoms with Crippen molar-refractivity contribution in [1.29, 1.82) is 0 Å². The summed E-state index contributed by atoms with van der Waals surface area (Å²) in [5, 5.41) is 23.4. The molecule has 0 saturated heterocycles. The van der Waals surface area contributed by atoms with Gasteiger partial charge in [0.05, 0.1) is 25.4 Å². The smallest absolute Gasteiger partial charge is 0.305 e. The molecule has 0 aliphatic carbocycles. The standard InChI is InChI=1S/C70H137NO5/c1-3-5-7-9-11-13-15-17-18-19-33-36-39-42-46-50-54-58-62-68(73)67(66-72)71-69(74)63-59-55-51-47-43-40-37-34-31-29-27-25-23-21-20-22-24-26-28-30-32-35-38-41-45-49-53-57-61-65-76-70(75)64-60-56-52-48-44-16-14-12-10-8-6-4-2/h20,22,67-68,72-73H,3-19,21,23-66H2,1-2H3,(H,71,74)/b22-20-. The van der Waals surface area contributed by atoms with E-state index in [9.17, 15) is 19.8 Å². The van der Waals surface area contributed by atoms with Crippen LogP contribution in [0.15, 0.2) is 12.2 Å². The molecule has 3 N–H and O–H groups in total. The molecular formula is C70H137NO5. The van der Waals surface area contributed by atoms with Crippen molar-refractivity contribution in [3.8, 4) is 0 Å². The molecule has 0 aromatic heterocycles. The highest BCUT2D eigenvalue weighted by Crippen LogP contribution is 2.19. The number of nitrogens with one attached hydrogen (secondary N) is 1. The van der Waals surface area contributed by atoms with Crippen molar-refractivity contribution in [3.05, 3.63) is 12.2 Å². The van der Waals surface area contributed by atoms with Gasteiger partial charge in [-0.3, -0.25) is 9.59 Å². The zero-order valence-electron chi connectivity index (χ0n) is 51.8. The van der Waals surface area contributed by atoms with E-state index >= 15 is 0 Å². The normalized spacial score (nSPS) is 12.5. The first kappa shape index (κ1) is 74.6. The SMILES string of the molecule is CCCCCCCCCCCCCCCCCCCCC(O)C(CO)NC(=O)CCCCCCCCCCCCCCC/C=C\CCCCCCCCCCCCCCOC(=O)CCCCCCCCCCCCCC. The number of unbranched alkanes of at least 4 members (excludes halogenated alkanes) is 53. The van der Waals surface area contributed by atoms with Gasteiger partial charge < -0.3 is 20.3 Å². The van der Waals surface area contributed by atoms with E-state index in [-0.39, 0.29) is 18.5 Å². The maximum Gasteiger partial charge on any atom is 0.305 e. The van der Waals surface area contributed by atoms with Crippen LogP contribution in [0.25, 0.3) is 0 Å². The summed E-state index contributed by atoms with van der Waals surface area (Å²) in [6.45, 7) is 4.99. The number of aliphatic hydroxyl groups is 2. The molecule has 1 amide bonds. The molecule has 0 saturated carbocycles. The quantitative estimate of drug-likeness (QED) is 0.0320. The van der Waals surface area contributed by atoms with Crippen molar-refractivity contribution in [2.75, 3.05) is 13.2 Å². The van der Waals surface area contributed by atoms with E-state index in [1.807, 2.05) is 0 Å². The first-order valence-electron chi connectivity index (χ1n) is 34.9. The van der Waals surface area contributed by atoms with E-state index in [1.165, 1.54) is 327 Å². The number of hydrogen-bond donors (Lipinski definition) is 3. The van der Waals surface area contributed by atoms with Gasteiger partial charge in [-0.2, -0.15) is 0 Å². The van der Waals surface area contributed by atoms with Gasteiger partial charge in [0.15, 0.2) is 0 Å². The highest BCUT2D eigenvalue weighted by Gasteiger charge is 2.20. The number of amides is 1. The highest BCUT2D eigenvalue weighted by molar-refractivity contribution is 5.76. The fourth-order valence-electron chi connectivity index (χ4n) is 11.2. The van der Waals surface area contributed by atoms with Crippen LogP contribution in [0.3, 0.4) is 0 Å². The molecule has 0 radical (unpaired) electrons. The van der Waals surface area contributed by atoms with Crippen LogP contribution in [0, 0.1) is 0 Å². The molecule has 6 heteroatoms. The van der Waals surface area contributed by atoms with E-state index in [2.05, 4.69) is 31.3 Å². The van der Waals surface area contributed by atoms with Crippen molar-refractivity contribution < 1.29 is 24.5 Å². The number of carbonyl (C=O) groups is 2. The molecule has 76 heavy (non-hydrogen) atoms. The van der Waals surface area contributed by atoms with E-state index in [0.29, 0.717) is 25.9 Å². The minimum Gasteiger partial charge on any atom is -0.466 e. The molecule has 6 nitrogen and oxygen atoms in total. The van der Waals surface area contributed by atoms with Crippen LogP contribution >= 0.6 is 0 Å². The maximum absolute atomic E-state index is 12.5. The van der Waals surface area contributed by atoms with Gasteiger partial charge in [0.25, 0.3) is 0 Å².